The number of hydrogen-bond acceptors (Lipinski definition) is 10. The molecule has 19 nitrogen and oxygen atoms in total. The Balaban J connectivity index is 4.91. The number of ketones is 1. The number of amides is 4. The van der Waals surface area contributed by atoms with Crippen molar-refractivity contribution in [3.63, 3.8) is 0 Å². The highest BCUT2D eigenvalue weighted by atomic mass is 16.4. The van der Waals surface area contributed by atoms with Gasteiger partial charge in [-0.1, -0.05) is 0 Å². The maximum absolute atomic E-state index is 12.3. The number of carboxylic acids is 5. The van der Waals surface area contributed by atoms with Crippen molar-refractivity contribution in [1.82, 2.24) is 21.3 Å². The second kappa shape index (κ2) is 19.9. The number of rotatable bonds is 23. The summed E-state index contributed by atoms with van der Waals surface area (Å²) in [5.74, 6) is -11.2. The van der Waals surface area contributed by atoms with Crippen molar-refractivity contribution in [2.75, 3.05) is 0 Å². The molecule has 0 saturated heterocycles. The number of carbonyl (C=O) groups is 10. The number of nitrogens with one attached hydrogen (secondary N) is 4. The van der Waals surface area contributed by atoms with E-state index in [0.717, 1.165) is 0 Å². The molecule has 0 aromatic heterocycles. The zero-order valence-corrected chi connectivity index (χ0v) is 23.7. The zero-order chi connectivity index (χ0) is 34.0. The van der Waals surface area contributed by atoms with Gasteiger partial charge in [0.15, 0.2) is 0 Å². The van der Waals surface area contributed by atoms with Gasteiger partial charge in [-0.3, -0.25) is 24.0 Å². The fraction of sp³-hybridized carbons (Fsp3) is 0.600. The minimum Gasteiger partial charge on any atom is -0.481 e. The maximum Gasteiger partial charge on any atom is 0.326 e. The number of Topliss-reactive ketones (excluding diaryl/α,β-unsaturated/α-hetero) is 1. The van der Waals surface area contributed by atoms with Crippen LogP contribution in [0.5, 0.6) is 0 Å². The van der Waals surface area contributed by atoms with E-state index >= 15 is 0 Å². The highest BCUT2D eigenvalue weighted by Crippen LogP contribution is 2.06. The van der Waals surface area contributed by atoms with Crippen molar-refractivity contribution >= 4 is 59.3 Å². The molecule has 0 rings (SSSR count). The van der Waals surface area contributed by atoms with Crippen LogP contribution in [-0.2, 0) is 47.9 Å². The monoisotopic (exact) mass is 632 g/mol. The van der Waals surface area contributed by atoms with E-state index in [-0.39, 0.29) is 18.6 Å². The number of hydrogen-bond donors (Lipinski definition) is 9. The molecule has 0 bridgehead atoms. The summed E-state index contributed by atoms with van der Waals surface area (Å²) < 4.78 is 0. The van der Waals surface area contributed by atoms with Crippen LogP contribution in [-0.4, -0.2) is 109 Å². The van der Waals surface area contributed by atoms with Crippen LogP contribution in [0.25, 0.3) is 0 Å². The van der Waals surface area contributed by atoms with E-state index < -0.39 is 129 Å². The van der Waals surface area contributed by atoms with Crippen LogP contribution in [0.2, 0.25) is 0 Å². The van der Waals surface area contributed by atoms with Gasteiger partial charge in [0, 0.05) is 32.1 Å². The smallest absolute Gasteiger partial charge is 0.326 e. The summed E-state index contributed by atoms with van der Waals surface area (Å²) in [6.07, 6.45) is -4.43. The van der Waals surface area contributed by atoms with Gasteiger partial charge >= 0.3 is 29.8 Å². The molecule has 0 saturated carbocycles. The molecule has 0 aromatic rings. The fourth-order valence-electron chi connectivity index (χ4n) is 3.49. The van der Waals surface area contributed by atoms with Gasteiger partial charge in [0.25, 0.3) is 0 Å². The van der Waals surface area contributed by atoms with Gasteiger partial charge in [-0.2, -0.15) is 0 Å². The Hall–Kier alpha value is -5.10. The first-order valence-corrected chi connectivity index (χ1v) is 13.2. The van der Waals surface area contributed by atoms with Gasteiger partial charge in [0.1, 0.15) is 30.0 Å². The fourth-order valence-corrected chi connectivity index (χ4v) is 3.49. The molecule has 0 fully saturated rings. The molecule has 4 atom stereocenters. The van der Waals surface area contributed by atoms with E-state index in [1.165, 1.54) is 6.92 Å². The molecule has 0 radical (unpaired) electrons. The quantitative estimate of drug-likeness (QED) is 0.0579. The average molecular weight is 633 g/mol. The predicted octanol–water partition coefficient (Wildman–Crippen LogP) is -2.16. The van der Waals surface area contributed by atoms with E-state index in [0.29, 0.717) is 0 Å². The Labute approximate surface area is 249 Å². The van der Waals surface area contributed by atoms with Crippen LogP contribution in [0, 0.1) is 0 Å². The van der Waals surface area contributed by atoms with Gasteiger partial charge < -0.3 is 51.6 Å². The standard InChI is InChI=1S/C25H36N4O15/c1-12(30)2-3-13(22(37)38)26-17(31)7-4-14(23(39)40)27-18(32)8-5-15(24(41)42)28-19(33)9-6-16(25(43)44)29-20(34)10-11-21(35)36/h13-16H,2-11H2,1H3,(H,26,31)(H,27,32)(H,28,33)(H,29,34)(H,35,36)(H,37,38)(H,39,40)(H,41,42)(H,43,44)/t13-,14-,15-,16-/m0/s1. The zero-order valence-electron chi connectivity index (χ0n) is 23.7. The van der Waals surface area contributed by atoms with Crippen molar-refractivity contribution in [2.45, 2.75) is 95.3 Å². The molecule has 0 aliphatic rings. The summed E-state index contributed by atoms with van der Waals surface area (Å²) in [4.78, 5) is 116. The molecule has 0 aliphatic carbocycles. The van der Waals surface area contributed by atoms with Crippen molar-refractivity contribution < 1.29 is 73.5 Å². The topological polar surface area (TPSA) is 320 Å². The third-order valence-electron chi connectivity index (χ3n) is 5.86. The molecule has 0 aromatic carbocycles. The Morgan fingerprint density at radius 2 is 0.659 bits per heavy atom. The van der Waals surface area contributed by atoms with Crippen LogP contribution in [0.15, 0.2) is 0 Å². The van der Waals surface area contributed by atoms with Gasteiger partial charge in [0.05, 0.1) is 6.42 Å². The Morgan fingerprint density at radius 1 is 0.409 bits per heavy atom. The van der Waals surface area contributed by atoms with Gasteiger partial charge in [0.2, 0.25) is 23.6 Å². The minimum atomic E-state index is -1.64. The van der Waals surface area contributed by atoms with Crippen LogP contribution in [0.1, 0.15) is 71.1 Å². The lowest BCUT2D eigenvalue weighted by Gasteiger charge is -2.18. The Bertz CT molecular complexity index is 1120. The largest absolute Gasteiger partial charge is 0.481 e. The normalized spacial score (nSPS) is 13.2. The summed E-state index contributed by atoms with van der Waals surface area (Å²) in [6, 6.07) is -6.20. The molecule has 4 amide bonds. The summed E-state index contributed by atoms with van der Waals surface area (Å²) in [7, 11) is 0. The summed E-state index contributed by atoms with van der Waals surface area (Å²) >= 11 is 0. The van der Waals surface area contributed by atoms with E-state index in [1.54, 1.807) is 0 Å². The number of carboxylic acid groups (broad SMARTS) is 5. The first kappa shape index (κ1) is 38.9. The maximum atomic E-state index is 12.3. The van der Waals surface area contributed by atoms with Gasteiger partial charge in [-0.05, 0) is 32.6 Å². The molecule has 19 heteroatoms. The molecular formula is C25H36N4O15. The third kappa shape index (κ3) is 17.7. The van der Waals surface area contributed by atoms with Gasteiger partial charge in [-0.15, -0.1) is 0 Å². The van der Waals surface area contributed by atoms with E-state index in [1.807, 2.05) is 5.32 Å². The first-order chi connectivity index (χ1) is 20.4. The lowest BCUT2D eigenvalue weighted by molar-refractivity contribution is -0.144. The third-order valence-corrected chi connectivity index (χ3v) is 5.86. The van der Waals surface area contributed by atoms with E-state index in [9.17, 15) is 63.3 Å². The molecular weight excluding hydrogens is 596 g/mol. The molecule has 0 heterocycles. The summed E-state index contributed by atoms with van der Waals surface area (Å²) in [6.45, 7) is 1.24. The number of carbonyl (C=O) groups excluding carboxylic acids is 5. The second-order valence-electron chi connectivity index (χ2n) is 9.58. The number of aliphatic carboxylic acids is 5. The summed E-state index contributed by atoms with van der Waals surface area (Å²) in [5.41, 5.74) is 0. The SMILES string of the molecule is CC(=O)CC[C@H](NC(=O)CC[C@H](NC(=O)CC[C@H](NC(=O)CC[C@H](NC(=O)CCC(=O)O)C(=O)O)C(=O)O)C(=O)O)C(=O)O. The van der Waals surface area contributed by atoms with Crippen LogP contribution < -0.4 is 21.3 Å². The van der Waals surface area contributed by atoms with Crippen LogP contribution in [0.3, 0.4) is 0 Å². The molecule has 9 N–H and O–H groups in total. The molecule has 246 valence electrons. The average Bonchev–Trinajstić information content (AvgIpc) is 2.91. The molecule has 0 unspecified atom stereocenters. The van der Waals surface area contributed by atoms with Gasteiger partial charge in [-0.25, -0.2) is 19.2 Å². The first-order valence-electron chi connectivity index (χ1n) is 13.2. The summed E-state index contributed by atoms with van der Waals surface area (Å²) in [5, 5.41) is 54.1. The lowest BCUT2D eigenvalue weighted by Crippen LogP contribution is -2.45. The van der Waals surface area contributed by atoms with E-state index in [4.69, 9.17) is 10.2 Å². The Morgan fingerprint density at radius 3 is 0.886 bits per heavy atom. The molecule has 0 spiro atoms. The second-order valence-corrected chi connectivity index (χ2v) is 9.58. The van der Waals surface area contributed by atoms with Crippen molar-refractivity contribution in [3.05, 3.63) is 0 Å². The molecule has 44 heavy (non-hydrogen) atoms. The predicted molar refractivity (Wildman–Crippen MR) is 143 cm³/mol. The van der Waals surface area contributed by atoms with E-state index in [2.05, 4.69) is 16.0 Å². The highest BCUT2D eigenvalue weighted by molar-refractivity contribution is 5.88. The van der Waals surface area contributed by atoms with Crippen LogP contribution >= 0.6 is 0 Å². The van der Waals surface area contributed by atoms with Crippen LogP contribution in [0.4, 0.5) is 0 Å². The Kier molecular flexibility index (Phi) is 17.6. The van der Waals surface area contributed by atoms with Crippen molar-refractivity contribution in [2.24, 2.45) is 0 Å². The van der Waals surface area contributed by atoms with Crippen molar-refractivity contribution in [1.29, 1.82) is 0 Å². The van der Waals surface area contributed by atoms with Crippen molar-refractivity contribution in [3.8, 4) is 0 Å². The lowest BCUT2D eigenvalue weighted by atomic mass is 10.1. The molecule has 0 aliphatic heterocycles. The minimum absolute atomic E-state index is 0.111. The highest BCUT2D eigenvalue weighted by Gasteiger charge is 2.27.